The van der Waals surface area contributed by atoms with Crippen molar-refractivity contribution < 1.29 is 24.5 Å². The van der Waals surface area contributed by atoms with Crippen molar-refractivity contribution in [1.29, 1.82) is 0 Å². The zero-order valence-corrected chi connectivity index (χ0v) is 20.7. The number of carboxylic acid groups (broad SMARTS) is 1. The van der Waals surface area contributed by atoms with Crippen LogP contribution in [-0.2, 0) is 9.53 Å². The Morgan fingerprint density at radius 3 is 2.00 bits per heavy atom. The fourth-order valence-electron chi connectivity index (χ4n) is 2.98. The van der Waals surface area contributed by atoms with Crippen LogP contribution in [0.5, 0.6) is 5.75 Å². The van der Waals surface area contributed by atoms with E-state index in [9.17, 15) is 14.7 Å². The van der Waals surface area contributed by atoms with E-state index in [1.807, 2.05) is 0 Å². The lowest BCUT2D eigenvalue weighted by molar-refractivity contribution is -0.120. The van der Waals surface area contributed by atoms with E-state index in [2.05, 4.69) is 73.0 Å². The molecule has 1 rings (SSSR count). The standard InChI is InChI=1S/C29H39NO5/c1-2-3-4-5-6-7-8-9-10-11-12-13-14-15-16-17-18-19-22-35-24-28(32)30-25-20-21-27(31)26(23-25)29(33)34/h3-4,6-7,9-10,12-13,15-16,20-21,23,31H,2,5,8,11,14,17-19,22,24H2,1H3,(H,30,32)(H,33,34)/b4-3-,7-6-,10-9-,13-12-,16-15-. The van der Waals surface area contributed by atoms with E-state index in [0.717, 1.165) is 51.4 Å². The average molecular weight is 482 g/mol. The molecule has 35 heavy (non-hydrogen) atoms. The highest BCUT2D eigenvalue weighted by molar-refractivity contribution is 5.96. The summed E-state index contributed by atoms with van der Waals surface area (Å²) >= 11 is 0. The van der Waals surface area contributed by atoms with Crippen molar-refractivity contribution in [1.82, 2.24) is 0 Å². The molecule has 0 radical (unpaired) electrons. The van der Waals surface area contributed by atoms with Gasteiger partial charge in [0.05, 0.1) is 0 Å². The first-order chi connectivity index (χ1) is 17.0. The molecule has 6 heteroatoms. The Balaban J connectivity index is 2.01. The number of unbranched alkanes of at least 4 members (excludes halogenated alkanes) is 2. The quantitative estimate of drug-likeness (QED) is 0.120. The first kappa shape index (κ1) is 29.7. The molecule has 0 aliphatic rings. The molecule has 6 nitrogen and oxygen atoms in total. The molecule has 0 aliphatic heterocycles. The van der Waals surface area contributed by atoms with Gasteiger partial charge in [0.25, 0.3) is 0 Å². The molecule has 0 fully saturated rings. The number of carboxylic acids is 1. The van der Waals surface area contributed by atoms with Crippen molar-refractivity contribution in [2.75, 3.05) is 18.5 Å². The molecule has 0 heterocycles. The predicted octanol–water partition coefficient (Wildman–Crippen LogP) is 6.97. The summed E-state index contributed by atoms with van der Waals surface area (Å²) in [4.78, 5) is 22.9. The van der Waals surface area contributed by atoms with Crippen molar-refractivity contribution in [2.24, 2.45) is 0 Å². The number of aromatic hydroxyl groups is 1. The van der Waals surface area contributed by atoms with Gasteiger partial charge in [-0.3, -0.25) is 4.79 Å². The zero-order valence-electron chi connectivity index (χ0n) is 20.7. The molecule has 0 atom stereocenters. The van der Waals surface area contributed by atoms with Crippen molar-refractivity contribution in [3.8, 4) is 5.75 Å². The third kappa shape index (κ3) is 16.0. The lowest BCUT2D eigenvalue weighted by Crippen LogP contribution is -2.18. The number of rotatable bonds is 18. The number of ether oxygens (including phenoxy) is 1. The van der Waals surface area contributed by atoms with Crippen LogP contribution in [0.15, 0.2) is 79.0 Å². The van der Waals surface area contributed by atoms with Gasteiger partial charge in [-0.1, -0.05) is 67.7 Å². The summed E-state index contributed by atoms with van der Waals surface area (Å²) in [6, 6.07) is 3.88. The molecule has 190 valence electrons. The van der Waals surface area contributed by atoms with Gasteiger partial charge in [-0.2, -0.15) is 0 Å². The number of nitrogens with one attached hydrogen (secondary N) is 1. The minimum atomic E-state index is -1.26. The highest BCUT2D eigenvalue weighted by Gasteiger charge is 2.11. The van der Waals surface area contributed by atoms with Crippen LogP contribution >= 0.6 is 0 Å². The van der Waals surface area contributed by atoms with Crippen LogP contribution in [0, 0.1) is 0 Å². The largest absolute Gasteiger partial charge is 0.507 e. The number of amides is 1. The van der Waals surface area contributed by atoms with E-state index in [1.54, 1.807) is 0 Å². The SMILES string of the molecule is CC/C=C\C/C=C\C/C=C\C/C=C\C/C=C\CCCCOCC(=O)Nc1ccc(O)c(C(=O)O)c1. The summed E-state index contributed by atoms with van der Waals surface area (Å²) < 4.78 is 5.37. The molecule has 1 amide bonds. The number of carbonyl (C=O) groups is 2. The summed E-state index contributed by atoms with van der Waals surface area (Å²) in [6.45, 7) is 2.51. The summed E-state index contributed by atoms with van der Waals surface area (Å²) in [5.74, 6) is -1.98. The van der Waals surface area contributed by atoms with Crippen molar-refractivity contribution in [3.05, 3.63) is 84.5 Å². The fraction of sp³-hybridized carbons (Fsp3) is 0.379. The van der Waals surface area contributed by atoms with Gasteiger partial charge in [0.15, 0.2) is 0 Å². The Morgan fingerprint density at radius 2 is 1.43 bits per heavy atom. The minimum Gasteiger partial charge on any atom is -0.507 e. The molecule has 0 saturated carbocycles. The fourth-order valence-corrected chi connectivity index (χ4v) is 2.98. The van der Waals surface area contributed by atoms with E-state index < -0.39 is 5.97 Å². The molecule has 0 saturated heterocycles. The Bertz CT molecular complexity index is 896. The number of carbonyl (C=O) groups excluding carboxylic acids is 1. The van der Waals surface area contributed by atoms with Gasteiger partial charge in [0, 0.05) is 12.3 Å². The minimum absolute atomic E-state index is 0.106. The maximum Gasteiger partial charge on any atom is 0.339 e. The van der Waals surface area contributed by atoms with Crippen LogP contribution in [-0.4, -0.2) is 35.3 Å². The van der Waals surface area contributed by atoms with Crippen LogP contribution in [0.3, 0.4) is 0 Å². The van der Waals surface area contributed by atoms with E-state index in [0.29, 0.717) is 12.3 Å². The lowest BCUT2D eigenvalue weighted by Gasteiger charge is -2.08. The molecule has 0 unspecified atom stereocenters. The molecule has 1 aromatic carbocycles. The molecule has 0 aliphatic carbocycles. The van der Waals surface area contributed by atoms with Gasteiger partial charge in [-0.25, -0.2) is 4.79 Å². The first-order valence-corrected chi connectivity index (χ1v) is 12.2. The molecule has 0 aromatic heterocycles. The molecule has 1 aromatic rings. The van der Waals surface area contributed by atoms with Gasteiger partial charge in [0.1, 0.15) is 17.9 Å². The number of anilines is 1. The third-order valence-electron chi connectivity index (χ3n) is 4.81. The van der Waals surface area contributed by atoms with Crippen LogP contribution in [0.4, 0.5) is 5.69 Å². The lowest BCUT2D eigenvalue weighted by atomic mass is 10.2. The normalized spacial score (nSPS) is 12.1. The van der Waals surface area contributed by atoms with Crippen LogP contribution < -0.4 is 5.32 Å². The van der Waals surface area contributed by atoms with Gasteiger partial charge < -0.3 is 20.3 Å². The summed E-state index contributed by atoms with van der Waals surface area (Å²) in [5, 5.41) is 21.0. The first-order valence-electron chi connectivity index (χ1n) is 12.2. The summed E-state index contributed by atoms with van der Waals surface area (Å²) in [6.07, 6.45) is 29.6. The molecular weight excluding hydrogens is 442 g/mol. The topological polar surface area (TPSA) is 95.9 Å². The average Bonchev–Trinajstić information content (AvgIpc) is 2.83. The predicted molar refractivity (Wildman–Crippen MR) is 143 cm³/mol. The monoisotopic (exact) mass is 481 g/mol. The number of hydrogen-bond acceptors (Lipinski definition) is 4. The molecule has 0 spiro atoms. The maximum absolute atomic E-state index is 11.9. The van der Waals surface area contributed by atoms with Crippen molar-refractivity contribution >= 4 is 17.6 Å². The highest BCUT2D eigenvalue weighted by Crippen LogP contribution is 2.21. The van der Waals surface area contributed by atoms with E-state index >= 15 is 0 Å². The van der Waals surface area contributed by atoms with Gasteiger partial charge >= 0.3 is 5.97 Å². The number of hydrogen-bond donors (Lipinski definition) is 3. The van der Waals surface area contributed by atoms with Gasteiger partial charge in [-0.05, 0) is 69.6 Å². The maximum atomic E-state index is 11.9. The van der Waals surface area contributed by atoms with Crippen LogP contribution in [0.1, 0.15) is 68.6 Å². The molecule has 0 bridgehead atoms. The summed E-state index contributed by atoms with van der Waals surface area (Å²) in [5.41, 5.74) is 0.0333. The third-order valence-corrected chi connectivity index (χ3v) is 4.81. The second kappa shape index (κ2) is 20.0. The zero-order chi connectivity index (χ0) is 25.6. The van der Waals surface area contributed by atoms with Crippen LogP contribution in [0.25, 0.3) is 0 Å². The Hall–Kier alpha value is -3.38. The van der Waals surface area contributed by atoms with Gasteiger partial charge in [-0.15, -0.1) is 0 Å². The second-order valence-corrected chi connectivity index (χ2v) is 7.84. The molecule has 3 N–H and O–H groups in total. The highest BCUT2D eigenvalue weighted by atomic mass is 16.5. The number of allylic oxidation sites excluding steroid dienone is 10. The number of aromatic carboxylic acids is 1. The van der Waals surface area contributed by atoms with E-state index in [4.69, 9.17) is 9.84 Å². The van der Waals surface area contributed by atoms with E-state index in [1.165, 1.54) is 18.2 Å². The Labute approximate surface area is 209 Å². The number of benzene rings is 1. The second-order valence-electron chi connectivity index (χ2n) is 7.84. The number of phenols is 1. The molecular formula is C29H39NO5. The Morgan fingerprint density at radius 1 is 0.857 bits per heavy atom. The van der Waals surface area contributed by atoms with Gasteiger partial charge in [0.2, 0.25) is 5.91 Å². The van der Waals surface area contributed by atoms with Crippen LogP contribution in [0.2, 0.25) is 0 Å². The van der Waals surface area contributed by atoms with E-state index in [-0.39, 0.29) is 23.8 Å². The van der Waals surface area contributed by atoms with Crippen molar-refractivity contribution in [2.45, 2.75) is 58.3 Å². The smallest absolute Gasteiger partial charge is 0.339 e. The summed E-state index contributed by atoms with van der Waals surface area (Å²) in [7, 11) is 0. The Kier molecular flexibility index (Phi) is 17.0. The van der Waals surface area contributed by atoms with Crippen molar-refractivity contribution in [3.63, 3.8) is 0 Å².